The maximum absolute atomic E-state index is 9.11. The molecule has 120 valence electrons. The zero-order chi connectivity index (χ0) is 16.5. The minimum absolute atomic E-state index is 0.0828. The molecular weight excluding hydrogens is 326 g/mol. The van der Waals surface area contributed by atoms with Crippen molar-refractivity contribution < 1.29 is 5.11 Å². The van der Waals surface area contributed by atoms with Gasteiger partial charge < -0.3 is 9.67 Å². The maximum atomic E-state index is 9.11. The van der Waals surface area contributed by atoms with Gasteiger partial charge in [-0.05, 0) is 24.3 Å². The van der Waals surface area contributed by atoms with E-state index in [-0.39, 0.29) is 6.61 Å². The highest BCUT2D eigenvalue weighted by molar-refractivity contribution is 6.33. The molecule has 24 heavy (non-hydrogen) atoms. The zero-order valence-electron chi connectivity index (χ0n) is 12.7. The fraction of sp³-hybridized carbons (Fsp3) is 0.118. The van der Waals surface area contributed by atoms with Crippen LogP contribution in [0.3, 0.4) is 0 Å². The van der Waals surface area contributed by atoms with E-state index in [1.165, 1.54) is 0 Å². The molecule has 0 radical (unpaired) electrons. The molecule has 0 saturated heterocycles. The Balaban J connectivity index is 1.82. The van der Waals surface area contributed by atoms with Crippen molar-refractivity contribution in [2.75, 3.05) is 6.61 Å². The second-order valence-corrected chi connectivity index (χ2v) is 5.72. The fourth-order valence-electron chi connectivity index (χ4n) is 2.76. The zero-order valence-corrected chi connectivity index (χ0v) is 13.4. The molecule has 1 N–H and O–H groups in total. The van der Waals surface area contributed by atoms with Crippen molar-refractivity contribution in [2.24, 2.45) is 0 Å². The number of nitrogens with zero attached hydrogens (tertiary/aromatic N) is 5. The lowest BCUT2D eigenvalue weighted by molar-refractivity contribution is 0.278. The summed E-state index contributed by atoms with van der Waals surface area (Å²) in [6, 6.07) is 7.82. The number of hydrogen-bond acceptors (Lipinski definition) is 4. The highest BCUT2D eigenvalue weighted by Gasteiger charge is 2.12. The minimum atomic E-state index is 0.0828. The molecule has 7 heteroatoms. The lowest BCUT2D eigenvalue weighted by Gasteiger charge is -2.09. The molecule has 0 aliphatic heterocycles. The molecule has 0 unspecified atom stereocenters. The van der Waals surface area contributed by atoms with Gasteiger partial charge in [0.15, 0.2) is 0 Å². The Hall–Kier alpha value is -2.70. The Labute approximate surface area is 143 Å². The van der Waals surface area contributed by atoms with Crippen molar-refractivity contribution in [1.82, 2.24) is 24.1 Å². The monoisotopic (exact) mass is 339 g/mol. The van der Waals surface area contributed by atoms with Crippen LogP contribution in [-0.2, 0) is 6.54 Å². The lowest BCUT2D eigenvalue weighted by Crippen LogP contribution is -2.00. The standard InChI is InChI=1S/C17H14ClN5O/c18-14-10-19-4-3-13(14)17-20-5-6-23(17)12-1-2-16-15(9-12)21-11-22(16)7-8-24/h1-6,9-11,24H,7-8H2. The molecule has 0 fully saturated rings. The summed E-state index contributed by atoms with van der Waals surface area (Å²) in [5, 5.41) is 9.67. The summed E-state index contributed by atoms with van der Waals surface area (Å²) in [5.74, 6) is 0.747. The van der Waals surface area contributed by atoms with Gasteiger partial charge in [0.25, 0.3) is 0 Å². The van der Waals surface area contributed by atoms with E-state index in [1.54, 1.807) is 24.9 Å². The molecular formula is C17H14ClN5O. The van der Waals surface area contributed by atoms with Crippen molar-refractivity contribution in [2.45, 2.75) is 6.54 Å². The van der Waals surface area contributed by atoms with Crippen LogP contribution in [0.4, 0.5) is 0 Å². The first kappa shape index (κ1) is 14.9. The third-order valence-electron chi connectivity index (χ3n) is 3.88. The van der Waals surface area contributed by atoms with Crippen LogP contribution in [0.15, 0.2) is 55.4 Å². The SMILES string of the molecule is OCCn1cnc2cc(-n3ccnc3-c3ccncc3Cl)ccc21. The summed E-state index contributed by atoms with van der Waals surface area (Å²) in [5.41, 5.74) is 3.61. The number of halogens is 1. The van der Waals surface area contributed by atoms with Crippen molar-refractivity contribution in [1.29, 1.82) is 0 Å². The topological polar surface area (TPSA) is 68.8 Å². The van der Waals surface area contributed by atoms with Crippen molar-refractivity contribution in [3.63, 3.8) is 0 Å². The molecule has 0 amide bonds. The third-order valence-corrected chi connectivity index (χ3v) is 4.18. The van der Waals surface area contributed by atoms with Gasteiger partial charge in [-0.25, -0.2) is 9.97 Å². The Morgan fingerprint density at radius 1 is 1.12 bits per heavy atom. The van der Waals surface area contributed by atoms with E-state index in [2.05, 4.69) is 15.0 Å². The number of pyridine rings is 1. The predicted molar refractivity (Wildman–Crippen MR) is 92.2 cm³/mol. The number of fused-ring (bicyclic) bond motifs is 1. The van der Waals surface area contributed by atoms with Crippen LogP contribution in [0.25, 0.3) is 28.1 Å². The van der Waals surface area contributed by atoms with E-state index in [9.17, 15) is 0 Å². The molecule has 0 spiro atoms. The number of hydrogen-bond donors (Lipinski definition) is 1. The molecule has 4 rings (SSSR count). The summed E-state index contributed by atoms with van der Waals surface area (Å²) >= 11 is 6.25. The predicted octanol–water partition coefficient (Wildman–Crippen LogP) is 2.93. The molecule has 1 aromatic carbocycles. The smallest absolute Gasteiger partial charge is 0.146 e. The fourth-order valence-corrected chi connectivity index (χ4v) is 2.96. The van der Waals surface area contributed by atoms with E-state index < -0.39 is 0 Å². The number of rotatable bonds is 4. The largest absolute Gasteiger partial charge is 0.395 e. The number of aromatic nitrogens is 5. The van der Waals surface area contributed by atoms with E-state index >= 15 is 0 Å². The Morgan fingerprint density at radius 2 is 2.04 bits per heavy atom. The van der Waals surface area contributed by atoms with Gasteiger partial charge in [0.2, 0.25) is 0 Å². The number of aliphatic hydroxyl groups excluding tert-OH is 1. The molecule has 0 aliphatic rings. The normalized spacial score (nSPS) is 11.2. The van der Waals surface area contributed by atoms with E-state index in [0.29, 0.717) is 11.6 Å². The number of imidazole rings is 2. The molecule has 6 nitrogen and oxygen atoms in total. The summed E-state index contributed by atoms with van der Waals surface area (Å²) < 4.78 is 3.89. The van der Waals surface area contributed by atoms with Gasteiger partial charge in [0.1, 0.15) is 5.82 Å². The third kappa shape index (κ3) is 2.46. The van der Waals surface area contributed by atoms with Gasteiger partial charge in [-0.3, -0.25) is 9.55 Å². The van der Waals surface area contributed by atoms with Crippen LogP contribution in [0.2, 0.25) is 5.02 Å². The summed E-state index contributed by atoms with van der Waals surface area (Å²) in [7, 11) is 0. The molecule has 3 heterocycles. The van der Waals surface area contributed by atoms with Crippen LogP contribution >= 0.6 is 11.6 Å². The average molecular weight is 340 g/mol. The lowest BCUT2D eigenvalue weighted by atomic mass is 10.2. The van der Waals surface area contributed by atoms with Gasteiger partial charge >= 0.3 is 0 Å². The van der Waals surface area contributed by atoms with Gasteiger partial charge in [0, 0.05) is 42.6 Å². The molecule has 0 atom stereocenters. The van der Waals surface area contributed by atoms with Crippen LogP contribution in [0.1, 0.15) is 0 Å². The highest BCUT2D eigenvalue weighted by atomic mass is 35.5. The number of benzene rings is 1. The van der Waals surface area contributed by atoms with Crippen molar-refractivity contribution >= 4 is 22.6 Å². The second kappa shape index (κ2) is 6.07. The summed E-state index contributed by atoms with van der Waals surface area (Å²) in [6.07, 6.45) is 8.66. The van der Waals surface area contributed by atoms with Gasteiger partial charge in [0.05, 0.1) is 29.0 Å². The molecule has 0 bridgehead atoms. The molecule has 0 aliphatic carbocycles. The van der Waals surface area contributed by atoms with Crippen LogP contribution in [0, 0.1) is 0 Å². The highest BCUT2D eigenvalue weighted by Crippen LogP contribution is 2.28. The van der Waals surface area contributed by atoms with E-state index in [4.69, 9.17) is 16.7 Å². The Bertz CT molecular complexity index is 1010. The van der Waals surface area contributed by atoms with Crippen LogP contribution in [-0.4, -0.2) is 35.8 Å². The van der Waals surface area contributed by atoms with Crippen LogP contribution in [0.5, 0.6) is 0 Å². The molecule has 0 saturated carbocycles. The quantitative estimate of drug-likeness (QED) is 0.620. The first-order valence-corrected chi connectivity index (χ1v) is 7.85. The van der Waals surface area contributed by atoms with E-state index in [1.807, 2.05) is 39.6 Å². The summed E-state index contributed by atoms with van der Waals surface area (Å²) in [4.78, 5) is 12.9. The first-order chi connectivity index (χ1) is 11.8. The van der Waals surface area contributed by atoms with E-state index in [0.717, 1.165) is 28.1 Å². The minimum Gasteiger partial charge on any atom is -0.395 e. The number of aliphatic hydroxyl groups is 1. The van der Waals surface area contributed by atoms with Crippen molar-refractivity contribution in [3.8, 4) is 17.1 Å². The second-order valence-electron chi connectivity index (χ2n) is 5.31. The van der Waals surface area contributed by atoms with Gasteiger partial charge in [-0.15, -0.1) is 0 Å². The van der Waals surface area contributed by atoms with Crippen molar-refractivity contribution in [3.05, 3.63) is 60.4 Å². The Kier molecular flexibility index (Phi) is 3.76. The summed E-state index contributed by atoms with van der Waals surface area (Å²) in [6.45, 7) is 0.609. The average Bonchev–Trinajstić information content (AvgIpc) is 3.22. The first-order valence-electron chi connectivity index (χ1n) is 7.47. The molecule has 4 aromatic rings. The Morgan fingerprint density at radius 3 is 2.88 bits per heavy atom. The van der Waals surface area contributed by atoms with Gasteiger partial charge in [-0.1, -0.05) is 11.6 Å². The maximum Gasteiger partial charge on any atom is 0.146 e. The van der Waals surface area contributed by atoms with Gasteiger partial charge in [-0.2, -0.15) is 0 Å². The van der Waals surface area contributed by atoms with Crippen LogP contribution < -0.4 is 0 Å². The molecule has 3 aromatic heterocycles.